The summed E-state index contributed by atoms with van der Waals surface area (Å²) in [6.45, 7) is 4.75. The fraction of sp³-hybridized carbons (Fsp3) is 0.500. The highest BCUT2D eigenvalue weighted by Crippen LogP contribution is 2.27. The van der Waals surface area contributed by atoms with Crippen LogP contribution in [0.3, 0.4) is 0 Å². The molecule has 2 rings (SSSR count). The molecule has 0 N–H and O–H groups in total. The minimum absolute atomic E-state index is 0.0366. The number of nitrogens with zero attached hydrogens (tertiary/aromatic N) is 1. The van der Waals surface area contributed by atoms with Crippen molar-refractivity contribution in [2.45, 2.75) is 25.7 Å². The van der Waals surface area contributed by atoms with Gasteiger partial charge in [-0.1, -0.05) is 0 Å². The molecule has 1 aliphatic heterocycles. The topological polar surface area (TPSA) is 70.8 Å². The van der Waals surface area contributed by atoms with E-state index in [1.54, 1.807) is 12.1 Å². The van der Waals surface area contributed by atoms with Gasteiger partial charge in [-0.25, -0.2) is 0 Å². The number of hydrogen-bond donors (Lipinski definition) is 0. The Morgan fingerprint density at radius 3 is 2.39 bits per heavy atom. The van der Waals surface area contributed by atoms with Gasteiger partial charge in [0.25, 0.3) is 5.69 Å². The highest BCUT2D eigenvalue weighted by Gasteiger charge is 2.38. The lowest BCUT2D eigenvalue weighted by atomic mass is 10.2. The molecule has 98 valence electrons. The summed E-state index contributed by atoms with van der Waals surface area (Å²) < 4.78 is 16.6. The van der Waals surface area contributed by atoms with E-state index in [4.69, 9.17) is 14.2 Å². The average Bonchev–Trinajstić information content (AvgIpc) is 2.78. The fourth-order valence-electron chi connectivity index (χ4n) is 1.72. The van der Waals surface area contributed by atoms with Gasteiger partial charge in [0.2, 0.25) is 5.79 Å². The van der Waals surface area contributed by atoms with Crippen LogP contribution < -0.4 is 4.74 Å². The van der Waals surface area contributed by atoms with Crippen molar-refractivity contribution in [1.29, 1.82) is 0 Å². The van der Waals surface area contributed by atoms with E-state index in [9.17, 15) is 10.1 Å². The van der Waals surface area contributed by atoms with Crippen LogP contribution >= 0.6 is 0 Å². The first kappa shape index (κ1) is 12.8. The zero-order valence-electron chi connectivity index (χ0n) is 10.3. The number of benzene rings is 1. The van der Waals surface area contributed by atoms with Crippen LogP contribution in [0.1, 0.15) is 13.8 Å². The van der Waals surface area contributed by atoms with Gasteiger partial charge < -0.3 is 14.2 Å². The summed E-state index contributed by atoms with van der Waals surface area (Å²) in [6, 6.07) is 5.93. The van der Waals surface area contributed by atoms with Crippen LogP contribution in [0, 0.1) is 10.1 Å². The number of ether oxygens (including phenoxy) is 3. The molecule has 0 radical (unpaired) electrons. The second-order valence-corrected chi connectivity index (χ2v) is 4.22. The van der Waals surface area contributed by atoms with Crippen LogP contribution in [0.2, 0.25) is 0 Å². The predicted molar refractivity (Wildman–Crippen MR) is 63.5 cm³/mol. The lowest BCUT2D eigenvalue weighted by molar-refractivity contribution is -0.384. The molecular formula is C12H15NO5. The van der Waals surface area contributed by atoms with Crippen molar-refractivity contribution < 1.29 is 19.1 Å². The summed E-state index contributed by atoms with van der Waals surface area (Å²) in [4.78, 5) is 10.1. The Morgan fingerprint density at radius 1 is 1.33 bits per heavy atom. The van der Waals surface area contributed by atoms with Gasteiger partial charge in [-0.05, 0) is 26.0 Å². The van der Waals surface area contributed by atoms with E-state index < -0.39 is 10.7 Å². The van der Waals surface area contributed by atoms with Crippen molar-refractivity contribution in [3.8, 4) is 5.75 Å². The van der Waals surface area contributed by atoms with Gasteiger partial charge in [0.1, 0.15) is 11.9 Å². The molecular weight excluding hydrogens is 238 g/mol. The standard InChI is InChI=1S/C12H15NO5/c1-9(12(2)16-7-8-17-12)18-11-5-3-10(4-6-11)13(14)15/h3-6,9H,7-8H2,1-2H3. The monoisotopic (exact) mass is 253 g/mol. The van der Waals surface area contributed by atoms with E-state index in [0.717, 1.165) is 0 Å². The first-order chi connectivity index (χ1) is 8.51. The van der Waals surface area contributed by atoms with Gasteiger partial charge >= 0.3 is 0 Å². The minimum atomic E-state index is -0.762. The third-order valence-electron chi connectivity index (χ3n) is 2.96. The maximum Gasteiger partial charge on any atom is 0.269 e. The van der Waals surface area contributed by atoms with Crippen LogP contribution in [0.15, 0.2) is 24.3 Å². The maximum atomic E-state index is 10.5. The van der Waals surface area contributed by atoms with Gasteiger partial charge in [0.05, 0.1) is 18.1 Å². The summed E-state index contributed by atoms with van der Waals surface area (Å²) in [5.41, 5.74) is 0.0366. The highest BCUT2D eigenvalue weighted by molar-refractivity contribution is 5.36. The van der Waals surface area contributed by atoms with Crippen molar-refractivity contribution in [3.63, 3.8) is 0 Å². The Balaban J connectivity index is 2.02. The molecule has 1 aliphatic rings. The first-order valence-electron chi connectivity index (χ1n) is 5.70. The predicted octanol–water partition coefficient (Wildman–Crippen LogP) is 2.13. The van der Waals surface area contributed by atoms with Crippen molar-refractivity contribution in [2.24, 2.45) is 0 Å². The average molecular weight is 253 g/mol. The summed E-state index contributed by atoms with van der Waals surface area (Å²) in [6.07, 6.45) is -0.304. The van der Waals surface area contributed by atoms with Gasteiger partial charge in [-0.2, -0.15) is 0 Å². The van der Waals surface area contributed by atoms with Crippen LogP contribution in [0.25, 0.3) is 0 Å². The molecule has 0 aliphatic carbocycles. The number of nitro groups is 1. The van der Waals surface area contributed by atoms with Crippen molar-refractivity contribution >= 4 is 5.69 Å². The largest absolute Gasteiger partial charge is 0.485 e. The van der Waals surface area contributed by atoms with Crippen LogP contribution in [-0.2, 0) is 9.47 Å². The molecule has 0 amide bonds. The number of rotatable bonds is 4. The Kier molecular flexibility index (Phi) is 3.49. The normalized spacial score (nSPS) is 19.4. The fourth-order valence-corrected chi connectivity index (χ4v) is 1.72. The quantitative estimate of drug-likeness (QED) is 0.607. The zero-order valence-corrected chi connectivity index (χ0v) is 10.3. The summed E-state index contributed by atoms with van der Waals surface area (Å²) in [7, 11) is 0. The zero-order chi connectivity index (χ0) is 13.2. The van der Waals surface area contributed by atoms with E-state index in [1.165, 1.54) is 12.1 Å². The summed E-state index contributed by atoms with van der Waals surface area (Å²) in [5.74, 6) is -0.213. The number of non-ortho nitro benzene ring substituents is 1. The van der Waals surface area contributed by atoms with Crippen molar-refractivity contribution in [3.05, 3.63) is 34.4 Å². The molecule has 1 aromatic rings. The van der Waals surface area contributed by atoms with E-state index in [-0.39, 0.29) is 11.8 Å². The number of nitro benzene ring substituents is 1. The van der Waals surface area contributed by atoms with Crippen molar-refractivity contribution in [1.82, 2.24) is 0 Å². The summed E-state index contributed by atoms with van der Waals surface area (Å²) in [5, 5.41) is 10.5. The molecule has 1 heterocycles. The smallest absolute Gasteiger partial charge is 0.269 e. The molecule has 1 unspecified atom stereocenters. The molecule has 0 spiro atoms. The van der Waals surface area contributed by atoms with Gasteiger partial charge in [-0.15, -0.1) is 0 Å². The van der Waals surface area contributed by atoms with Gasteiger partial charge in [0.15, 0.2) is 0 Å². The van der Waals surface area contributed by atoms with Crippen LogP contribution in [-0.4, -0.2) is 30.0 Å². The molecule has 1 aromatic carbocycles. The minimum Gasteiger partial charge on any atom is -0.485 e. The van der Waals surface area contributed by atoms with E-state index in [2.05, 4.69) is 0 Å². The van der Waals surface area contributed by atoms with Gasteiger partial charge in [0, 0.05) is 12.1 Å². The molecule has 1 fully saturated rings. The lowest BCUT2D eigenvalue weighted by Crippen LogP contribution is -2.42. The highest BCUT2D eigenvalue weighted by atomic mass is 16.8. The van der Waals surface area contributed by atoms with E-state index in [1.807, 2.05) is 13.8 Å². The third-order valence-corrected chi connectivity index (χ3v) is 2.96. The Hall–Kier alpha value is -1.66. The molecule has 6 heteroatoms. The first-order valence-corrected chi connectivity index (χ1v) is 5.70. The molecule has 0 bridgehead atoms. The molecule has 1 atom stereocenters. The Morgan fingerprint density at radius 2 is 1.89 bits per heavy atom. The Bertz CT molecular complexity index is 425. The maximum absolute atomic E-state index is 10.5. The SMILES string of the molecule is CC(Oc1ccc([N+](=O)[O-])cc1)C1(C)OCCO1. The summed E-state index contributed by atoms with van der Waals surface area (Å²) >= 11 is 0. The van der Waals surface area contributed by atoms with E-state index >= 15 is 0 Å². The molecule has 18 heavy (non-hydrogen) atoms. The second-order valence-electron chi connectivity index (χ2n) is 4.22. The van der Waals surface area contributed by atoms with Crippen LogP contribution in [0.4, 0.5) is 5.69 Å². The van der Waals surface area contributed by atoms with E-state index in [0.29, 0.717) is 19.0 Å². The van der Waals surface area contributed by atoms with Crippen molar-refractivity contribution in [2.75, 3.05) is 13.2 Å². The van der Waals surface area contributed by atoms with Crippen LogP contribution in [0.5, 0.6) is 5.75 Å². The molecule has 6 nitrogen and oxygen atoms in total. The van der Waals surface area contributed by atoms with Gasteiger partial charge in [-0.3, -0.25) is 10.1 Å². The second kappa shape index (κ2) is 4.91. The number of hydrogen-bond acceptors (Lipinski definition) is 5. The lowest BCUT2D eigenvalue weighted by Gasteiger charge is -2.29. The molecule has 1 saturated heterocycles. The molecule has 0 saturated carbocycles. The molecule has 0 aromatic heterocycles. The Labute approximate surface area is 105 Å². The third kappa shape index (κ3) is 2.60.